The molecule has 3 N–H and O–H groups in total. The third-order valence-electron chi connectivity index (χ3n) is 2.42. The lowest BCUT2D eigenvalue weighted by molar-refractivity contribution is -0.159. The van der Waals surface area contributed by atoms with Crippen LogP contribution in [-0.4, -0.2) is 41.1 Å². The molecule has 0 amide bonds. The summed E-state index contributed by atoms with van der Waals surface area (Å²) in [5.41, 5.74) is 1.39. The minimum absolute atomic E-state index is 0.949. The normalized spacial score (nSPS) is 12.7. The van der Waals surface area contributed by atoms with Gasteiger partial charge in [0.1, 0.15) is 0 Å². The number of hydrogen-bond acceptors (Lipinski definition) is 4. The Hall–Kier alpha value is -2.37. The third kappa shape index (κ3) is 6.21. The maximum Gasteiger partial charge on any atom is 0.414 e. The van der Waals surface area contributed by atoms with E-state index in [-0.39, 0.29) is 0 Å². The van der Waals surface area contributed by atoms with Crippen molar-refractivity contribution in [3.05, 3.63) is 35.9 Å². The highest BCUT2D eigenvalue weighted by Gasteiger charge is 2.04. The number of carbonyl (C=O) groups is 2. The standard InChI is InChI=1S/C11H14N2.C2H2O4/c1-2-4-10(5-3-1)6-7-11-12-8-9-13-11;3-1(4)2(5)6/h1-5H,6-9H2,(H,12,13);(H,3,4)(H,5,6). The molecule has 0 saturated heterocycles. The molecular formula is C13H16N2O4. The van der Waals surface area contributed by atoms with Gasteiger partial charge in [-0.1, -0.05) is 30.3 Å². The van der Waals surface area contributed by atoms with Gasteiger partial charge in [0.25, 0.3) is 0 Å². The largest absolute Gasteiger partial charge is 0.473 e. The smallest absolute Gasteiger partial charge is 0.414 e. The van der Waals surface area contributed by atoms with Crippen molar-refractivity contribution in [2.45, 2.75) is 12.8 Å². The molecule has 0 radical (unpaired) electrons. The average molecular weight is 264 g/mol. The van der Waals surface area contributed by atoms with Crippen molar-refractivity contribution in [1.82, 2.24) is 5.32 Å². The van der Waals surface area contributed by atoms with Gasteiger partial charge in [0.05, 0.1) is 12.4 Å². The van der Waals surface area contributed by atoms with Crippen molar-refractivity contribution in [3.8, 4) is 0 Å². The number of nitrogens with one attached hydrogen (secondary N) is 1. The Morgan fingerprint density at radius 1 is 1.11 bits per heavy atom. The summed E-state index contributed by atoms with van der Waals surface area (Å²) in [5.74, 6) is -2.48. The van der Waals surface area contributed by atoms with Gasteiger partial charge >= 0.3 is 11.9 Å². The van der Waals surface area contributed by atoms with E-state index in [0.29, 0.717) is 0 Å². The maximum absolute atomic E-state index is 9.10. The Labute approximate surface area is 110 Å². The lowest BCUT2D eigenvalue weighted by atomic mass is 10.1. The van der Waals surface area contributed by atoms with Crippen LogP contribution in [0.4, 0.5) is 0 Å². The minimum Gasteiger partial charge on any atom is -0.473 e. The molecule has 0 unspecified atom stereocenters. The van der Waals surface area contributed by atoms with Gasteiger partial charge in [0.2, 0.25) is 0 Å². The molecule has 0 saturated carbocycles. The van der Waals surface area contributed by atoms with Gasteiger partial charge in [-0.2, -0.15) is 0 Å². The predicted octanol–water partition coefficient (Wildman–Crippen LogP) is 0.776. The van der Waals surface area contributed by atoms with Gasteiger partial charge in [-0.25, -0.2) is 9.59 Å². The van der Waals surface area contributed by atoms with E-state index in [1.165, 1.54) is 11.4 Å². The Kier molecular flexibility index (Phi) is 6.08. The molecule has 2 rings (SSSR count). The predicted molar refractivity (Wildman–Crippen MR) is 70.3 cm³/mol. The minimum atomic E-state index is -1.82. The first-order chi connectivity index (χ1) is 9.09. The molecule has 19 heavy (non-hydrogen) atoms. The summed E-state index contributed by atoms with van der Waals surface area (Å²) in [6.07, 6.45) is 2.14. The highest BCUT2D eigenvalue weighted by Crippen LogP contribution is 2.03. The monoisotopic (exact) mass is 264 g/mol. The van der Waals surface area contributed by atoms with Crippen molar-refractivity contribution in [2.75, 3.05) is 13.1 Å². The van der Waals surface area contributed by atoms with Crippen LogP contribution in [0.1, 0.15) is 12.0 Å². The van der Waals surface area contributed by atoms with E-state index < -0.39 is 11.9 Å². The molecule has 0 spiro atoms. The number of aryl methyl sites for hydroxylation is 1. The fourth-order valence-corrected chi connectivity index (χ4v) is 1.52. The highest BCUT2D eigenvalue weighted by molar-refractivity contribution is 6.27. The lowest BCUT2D eigenvalue weighted by Gasteiger charge is -2.01. The quantitative estimate of drug-likeness (QED) is 0.700. The molecular weight excluding hydrogens is 248 g/mol. The number of amidine groups is 1. The number of carboxylic acid groups (broad SMARTS) is 2. The number of carboxylic acids is 2. The van der Waals surface area contributed by atoms with Gasteiger partial charge in [0, 0.05) is 13.0 Å². The Balaban J connectivity index is 0.000000258. The number of benzene rings is 1. The van der Waals surface area contributed by atoms with Crippen LogP contribution in [0.2, 0.25) is 0 Å². The Morgan fingerprint density at radius 3 is 2.21 bits per heavy atom. The van der Waals surface area contributed by atoms with E-state index in [2.05, 4.69) is 40.6 Å². The van der Waals surface area contributed by atoms with E-state index in [1.807, 2.05) is 0 Å². The second-order valence-corrected chi connectivity index (χ2v) is 3.85. The molecule has 1 aromatic rings. The van der Waals surface area contributed by atoms with Crippen molar-refractivity contribution in [3.63, 3.8) is 0 Å². The second kappa shape index (κ2) is 7.86. The summed E-state index contributed by atoms with van der Waals surface area (Å²) >= 11 is 0. The van der Waals surface area contributed by atoms with Gasteiger partial charge in [0.15, 0.2) is 0 Å². The van der Waals surface area contributed by atoms with Crippen molar-refractivity contribution in [1.29, 1.82) is 0 Å². The number of nitrogens with zero attached hydrogens (tertiary/aromatic N) is 1. The number of rotatable bonds is 3. The van der Waals surface area contributed by atoms with E-state index >= 15 is 0 Å². The Morgan fingerprint density at radius 2 is 1.74 bits per heavy atom. The van der Waals surface area contributed by atoms with Crippen molar-refractivity contribution >= 4 is 17.8 Å². The molecule has 0 fully saturated rings. The van der Waals surface area contributed by atoms with Crippen LogP contribution in [0.3, 0.4) is 0 Å². The fraction of sp³-hybridized carbons (Fsp3) is 0.308. The van der Waals surface area contributed by atoms with Gasteiger partial charge in [-0.3, -0.25) is 4.99 Å². The van der Waals surface area contributed by atoms with Crippen LogP contribution in [0.25, 0.3) is 0 Å². The summed E-state index contributed by atoms with van der Waals surface area (Å²) in [6, 6.07) is 10.5. The fourth-order valence-electron chi connectivity index (χ4n) is 1.52. The molecule has 0 aromatic heterocycles. The summed E-state index contributed by atoms with van der Waals surface area (Å²) in [6.45, 7) is 1.97. The zero-order chi connectivity index (χ0) is 14.1. The number of aliphatic imine (C=N–C) groups is 1. The maximum atomic E-state index is 9.10. The van der Waals surface area contributed by atoms with Crippen LogP contribution < -0.4 is 5.32 Å². The zero-order valence-electron chi connectivity index (χ0n) is 10.4. The molecule has 102 valence electrons. The first kappa shape index (κ1) is 14.7. The van der Waals surface area contributed by atoms with Crippen LogP contribution in [0.15, 0.2) is 35.3 Å². The molecule has 6 heteroatoms. The third-order valence-corrected chi connectivity index (χ3v) is 2.42. The summed E-state index contributed by atoms with van der Waals surface area (Å²) < 4.78 is 0. The summed E-state index contributed by atoms with van der Waals surface area (Å²) in [4.78, 5) is 22.6. The number of hydrogen-bond donors (Lipinski definition) is 3. The molecule has 0 bridgehead atoms. The lowest BCUT2D eigenvalue weighted by Crippen LogP contribution is -2.18. The molecule has 1 heterocycles. The summed E-state index contributed by atoms with van der Waals surface area (Å²) in [5, 5.41) is 18.1. The van der Waals surface area contributed by atoms with Crippen LogP contribution in [-0.2, 0) is 16.0 Å². The van der Waals surface area contributed by atoms with Crippen LogP contribution >= 0.6 is 0 Å². The molecule has 0 aliphatic carbocycles. The molecule has 1 aliphatic heterocycles. The average Bonchev–Trinajstić information content (AvgIpc) is 2.91. The molecule has 6 nitrogen and oxygen atoms in total. The SMILES string of the molecule is O=C(O)C(=O)O.c1ccc(CCC2=NCCN2)cc1. The highest BCUT2D eigenvalue weighted by atomic mass is 16.4. The van der Waals surface area contributed by atoms with E-state index in [9.17, 15) is 0 Å². The van der Waals surface area contributed by atoms with Crippen molar-refractivity contribution in [2.24, 2.45) is 4.99 Å². The summed E-state index contributed by atoms with van der Waals surface area (Å²) in [7, 11) is 0. The van der Waals surface area contributed by atoms with Crippen LogP contribution in [0.5, 0.6) is 0 Å². The van der Waals surface area contributed by atoms with E-state index in [1.54, 1.807) is 0 Å². The van der Waals surface area contributed by atoms with Gasteiger partial charge in [-0.15, -0.1) is 0 Å². The Bertz CT molecular complexity index is 445. The molecule has 1 aromatic carbocycles. The van der Waals surface area contributed by atoms with Gasteiger partial charge in [-0.05, 0) is 12.0 Å². The molecule has 1 aliphatic rings. The second-order valence-electron chi connectivity index (χ2n) is 3.85. The van der Waals surface area contributed by atoms with Crippen molar-refractivity contribution < 1.29 is 19.8 Å². The topological polar surface area (TPSA) is 99.0 Å². The first-order valence-corrected chi connectivity index (χ1v) is 5.87. The van der Waals surface area contributed by atoms with Crippen LogP contribution in [0, 0.1) is 0 Å². The zero-order valence-corrected chi connectivity index (χ0v) is 10.4. The first-order valence-electron chi connectivity index (χ1n) is 5.87. The molecule has 0 atom stereocenters. The van der Waals surface area contributed by atoms with E-state index in [4.69, 9.17) is 19.8 Å². The number of aliphatic carboxylic acids is 2. The van der Waals surface area contributed by atoms with E-state index in [0.717, 1.165) is 25.9 Å². The van der Waals surface area contributed by atoms with Gasteiger partial charge < -0.3 is 15.5 Å².